The molecule has 2 fully saturated rings. The summed E-state index contributed by atoms with van der Waals surface area (Å²) in [7, 11) is 0. The molecule has 0 radical (unpaired) electrons. The summed E-state index contributed by atoms with van der Waals surface area (Å²) < 4.78 is 0. The van der Waals surface area contributed by atoms with E-state index in [-0.39, 0.29) is 12.1 Å². The number of amides is 2. The molecule has 2 N–H and O–H groups in total. The Hall–Kier alpha value is -0.910. The molecule has 0 aromatic rings. The molecule has 1 unspecified atom stereocenters. The Balaban J connectivity index is 1.95. The second-order valence-electron chi connectivity index (χ2n) is 5.23. The lowest BCUT2D eigenvalue weighted by Crippen LogP contribution is -2.52. The fraction of sp³-hybridized carbons (Fsp3) is 0.846. The number of carboxylic acid groups (broad SMARTS) is 1. The smallest absolute Gasteiger partial charge is 0.326 e. The molecule has 0 saturated carbocycles. The van der Waals surface area contributed by atoms with Gasteiger partial charge in [-0.2, -0.15) is 11.8 Å². The molecule has 5 nitrogen and oxygen atoms in total. The van der Waals surface area contributed by atoms with Crippen LogP contribution in [0.5, 0.6) is 0 Å². The van der Waals surface area contributed by atoms with Gasteiger partial charge in [-0.25, -0.2) is 9.59 Å². The quantitative estimate of drug-likeness (QED) is 0.813. The van der Waals surface area contributed by atoms with Gasteiger partial charge in [0.15, 0.2) is 0 Å². The number of nitrogens with zero attached hydrogens (tertiary/aromatic N) is 1. The molecule has 2 aliphatic rings. The number of thioether (sulfide) groups is 1. The summed E-state index contributed by atoms with van der Waals surface area (Å²) in [5.41, 5.74) is 0. The summed E-state index contributed by atoms with van der Waals surface area (Å²) in [4.78, 5) is 25.1. The Morgan fingerprint density at radius 2 is 1.84 bits per heavy atom. The minimum absolute atomic E-state index is 0.189. The zero-order valence-electron chi connectivity index (χ0n) is 11.1. The van der Waals surface area contributed by atoms with Crippen LogP contribution in [-0.2, 0) is 4.79 Å². The van der Waals surface area contributed by atoms with Gasteiger partial charge in [0.25, 0.3) is 0 Å². The third-order valence-corrected chi connectivity index (χ3v) is 4.90. The van der Waals surface area contributed by atoms with Gasteiger partial charge in [0, 0.05) is 12.6 Å². The molecule has 0 bridgehead atoms. The van der Waals surface area contributed by atoms with Gasteiger partial charge in [0.1, 0.15) is 6.04 Å². The highest BCUT2D eigenvalue weighted by atomic mass is 32.2. The first-order chi connectivity index (χ1) is 9.18. The minimum atomic E-state index is -0.878. The fourth-order valence-electron chi connectivity index (χ4n) is 2.71. The second-order valence-corrected chi connectivity index (χ2v) is 6.46. The number of carbonyl (C=O) groups excluding carboxylic acids is 1. The van der Waals surface area contributed by atoms with Gasteiger partial charge >= 0.3 is 12.0 Å². The lowest BCUT2D eigenvalue weighted by Gasteiger charge is -2.30. The van der Waals surface area contributed by atoms with E-state index in [9.17, 15) is 14.7 Å². The maximum Gasteiger partial charge on any atom is 0.326 e. The number of carbonyl (C=O) groups is 2. The standard InChI is InChI=1S/C13H22N2O3S/c16-12(17)11-4-2-1-3-7-15(11)13(18)14-10-5-8-19-9-6-10/h10-11H,1-9H2,(H,14,18)(H,16,17). The van der Waals surface area contributed by atoms with Crippen LogP contribution < -0.4 is 5.32 Å². The van der Waals surface area contributed by atoms with Gasteiger partial charge < -0.3 is 15.3 Å². The van der Waals surface area contributed by atoms with Crippen LogP contribution in [0.2, 0.25) is 0 Å². The average molecular weight is 286 g/mol. The maximum atomic E-state index is 12.3. The van der Waals surface area contributed by atoms with Gasteiger partial charge in [-0.15, -0.1) is 0 Å². The largest absolute Gasteiger partial charge is 0.480 e. The molecule has 2 heterocycles. The van der Waals surface area contributed by atoms with Crippen LogP contribution in [0.25, 0.3) is 0 Å². The summed E-state index contributed by atoms with van der Waals surface area (Å²) in [5, 5.41) is 12.3. The highest BCUT2D eigenvalue weighted by Crippen LogP contribution is 2.20. The molecular weight excluding hydrogens is 264 g/mol. The SMILES string of the molecule is O=C(O)C1CCCCCN1C(=O)NC1CCSCC1. The molecule has 2 aliphatic heterocycles. The van der Waals surface area contributed by atoms with Crippen LogP contribution in [0.3, 0.4) is 0 Å². The van der Waals surface area contributed by atoms with Gasteiger partial charge in [-0.1, -0.05) is 12.8 Å². The van der Waals surface area contributed by atoms with Crippen molar-refractivity contribution in [2.24, 2.45) is 0 Å². The highest BCUT2D eigenvalue weighted by molar-refractivity contribution is 7.99. The van der Waals surface area contributed by atoms with Gasteiger partial charge in [-0.05, 0) is 37.2 Å². The van der Waals surface area contributed by atoms with Crippen LogP contribution >= 0.6 is 11.8 Å². The zero-order chi connectivity index (χ0) is 13.7. The Bertz CT molecular complexity index is 332. The molecule has 0 spiro atoms. The van der Waals surface area contributed by atoms with Crippen LogP contribution in [-0.4, -0.2) is 52.1 Å². The van der Waals surface area contributed by atoms with E-state index in [0.717, 1.165) is 43.6 Å². The summed E-state index contributed by atoms with van der Waals surface area (Å²) in [6, 6.07) is -0.627. The van der Waals surface area contributed by atoms with E-state index in [0.29, 0.717) is 13.0 Å². The third kappa shape index (κ3) is 4.03. The maximum absolute atomic E-state index is 12.3. The number of hydrogen-bond donors (Lipinski definition) is 2. The van der Waals surface area contributed by atoms with Crippen molar-refractivity contribution < 1.29 is 14.7 Å². The van der Waals surface area contributed by atoms with Crippen LogP contribution in [0.15, 0.2) is 0 Å². The van der Waals surface area contributed by atoms with E-state index in [2.05, 4.69) is 5.32 Å². The van der Waals surface area contributed by atoms with E-state index < -0.39 is 12.0 Å². The first-order valence-corrected chi connectivity index (χ1v) is 8.21. The molecule has 2 saturated heterocycles. The van der Waals surface area contributed by atoms with Crippen molar-refractivity contribution in [1.29, 1.82) is 0 Å². The number of hydrogen-bond acceptors (Lipinski definition) is 3. The molecule has 1 atom stereocenters. The number of likely N-dealkylation sites (tertiary alicyclic amines) is 1. The summed E-state index contributed by atoms with van der Waals surface area (Å²) in [6.45, 7) is 0.560. The summed E-state index contributed by atoms with van der Waals surface area (Å²) in [6.07, 6.45) is 5.35. The molecular formula is C13H22N2O3S. The predicted molar refractivity (Wildman–Crippen MR) is 75.5 cm³/mol. The van der Waals surface area contributed by atoms with E-state index in [1.54, 1.807) is 0 Å². The molecule has 2 amide bonds. The number of nitrogens with one attached hydrogen (secondary N) is 1. The van der Waals surface area contributed by atoms with E-state index >= 15 is 0 Å². The van der Waals surface area contributed by atoms with Gasteiger partial charge in [-0.3, -0.25) is 0 Å². The van der Waals surface area contributed by atoms with E-state index in [4.69, 9.17) is 0 Å². The highest BCUT2D eigenvalue weighted by Gasteiger charge is 2.31. The lowest BCUT2D eigenvalue weighted by atomic mass is 10.1. The Labute approximate surface area is 118 Å². The zero-order valence-corrected chi connectivity index (χ0v) is 12.0. The fourth-order valence-corrected chi connectivity index (χ4v) is 3.81. The van der Waals surface area contributed by atoms with Crippen LogP contribution in [0.4, 0.5) is 4.79 Å². The predicted octanol–water partition coefficient (Wildman–Crippen LogP) is 1.92. The normalized spacial score (nSPS) is 25.7. The van der Waals surface area contributed by atoms with Crippen molar-refractivity contribution in [1.82, 2.24) is 10.2 Å². The lowest BCUT2D eigenvalue weighted by molar-refractivity contribution is -0.142. The van der Waals surface area contributed by atoms with Crippen molar-refractivity contribution in [3.63, 3.8) is 0 Å². The average Bonchev–Trinajstić information content (AvgIpc) is 2.65. The molecule has 108 valence electrons. The van der Waals surface area contributed by atoms with Gasteiger partial charge in [0.2, 0.25) is 0 Å². The van der Waals surface area contributed by atoms with Crippen molar-refractivity contribution in [2.45, 2.75) is 50.6 Å². The Morgan fingerprint density at radius 1 is 1.11 bits per heavy atom. The van der Waals surface area contributed by atoms with E-state index in [1.807, 2.05) is 11.8 Å². The summed E-state index contributed by atoms with van der Waals surface area (Å²) >= 11 is 1.91. The van der Waals surface area contributed by atoms with Crippen molar-refractivity contribution in [3.05, 3.63) is 0 Å². The van der Waals surface area contributed by atoms with Crippen molar-refractivity contribution in [2.75, 3.05) is 18.1 Å². The summed E-state index contributed by atoms with van der Waals surface area (Å²) in [5.74, 6) is 1.27. The number of urea groups is 1. The van der Waals surface area contributed by atoms with Crippen molar-refractivity contribution in [3.8, 4) is 0 Å². The monoisotopic (exact) mass is 286 g/mol. The molecule has 0 aliphatic carbocycles. The van der Waals surface area contributed by atoms with Gasteiger partial charge in [0.05, 0.1) is 0 Å². The molecule has 2 rings (SSSR count). The number of rotatable bonds is 2. The first kappa shape index (κ1) is 14.5. The molecule has 0 aromatic carbocycles. The number of aliphatic carboxylic acids is 1. The minimum Gasteiger partial charge on any atom is -0.480 e. The first-order valence-electron chi connectivity index (χ1n) is 7.06. The topological polar surface area (TPSA) is 69.6 Å². The Kier molecular flexibility index (Phi) is 5.36. The third-order valence-electron chi connectivity index (χ3n) is 3.85. The number of carboxylic acids is 1. The Morgan fingerprint density at radius 3 is 2.53 bits per heavy atom. The molecule has 0 aromatic heterocycles. The van der Waals surface area contributed by atoms with Crippen LogP contribution in [0.1, 0.15) is 38.5 Å². The van der Waals surface area contributed by atoms with E-state index in [1.165, 1.54) is 4.90 Å². The second kappa shape index (κ2) is 7.03. The molecule has 6 heteroatoms. The van der Waals surface area contributed by atoms with Crippen LogP contribution in [0, 0.1) is 0 Å². The molecule has 19 heavy (non-hydrogen) atoms. The van der Waals surface area contributed by atoms with Crippen molar-refractivity contribution >= 4 is 23.8 Å².